The van der Waals surface area contributed by atoms with E-state index in [9.17, 15) is 4.79 Å². The van der Waals surface area contributed by atoms with Gasteiger partial charge in [0.15, 0.2) is 6.10 Å². The smallest absolute Gasteiger partial charge is 0.261 e. The van der Waals surface area contributed by atoms with E-state index >= 15 is 0 Å². The maximum absolute atomic E-state index is 12.2. The number of nitrogens with zero attached hydrogens (tertiary/aromatic N) is 2. The van der Waals surface area contributed by atoms with Gasteiger partial charge in [0.2, 0.25) is 11.7 Å². The minimum absolute atomic E-state index is 0.152. The first-order valence-electron chi connectivity index (χ1n) is 8.42. The number of aromatic nitrogens is 2. The van der Waals surface area contributed by atoms with Crippen molar-refractivity contribution in [2.45, 2.75) is 33.4 Å². The van der Waals surface area contributed by atoms with Gasteiger partial charge in [-0.25, -0.2) is 0 Å². The molecule has 3 aromatic rings. The molecule has 1 amide bonds. The zero-order valence-electron chi connectivity index (χ0n) is 15.0. The monoisotopic (exact) mass is 351 g/mol. The highest BCUT2D eigenvalue weighted by molar-refractivity contribution is 5.80. The van der Waals surface area contributed by atoms with Gasteiger partial charge >= 0.3 is 0 Å². The number of hydrogen-bond donors (Lipinski definition) is 1. The molecule has 0 aliphatic heterocycles. The van der Waals surface area contributed by atoms with Crippen LogP contribution in [0.25, 0.3) is 11.4 Å². The SMILES string of the molecule is Cc1ccc(OC(C)C(=O)NCc2nc(-c3cccc(C)c3)no2)cc1. The molecule has 26 heavy (non-hydrogen) atoms. The maximum atomic E-state index is 12.2. The summed E-state index contributed by atoms with van der Waals surface area (Å²) >= 11 is 0. The first-order chi connectivity index (χ1) is 12.5. The van der Waals surface area contributed by atoms with Crippen LogP contribution in [0, 0.1) is 13.8 Å². The second-order valence-electron chi connectivity index (χ2n) is 6.17. The lowest BCUT2D eigenvalue weighted by molar-refractivity contribution is -0.127. The van der Waals surface area contributed by atoms with Crippen LogP contribution in [0.5, 0.6) is 5.75 Å². The molecule has 0 saturated carbocycles. The molecule has 6 nitrogen and oxygen atoms in total. The van der Waals surface area contributed by atoms with Crippen molar-refractivity contribution in [3.05, 3.63) is 65.5 Å². The molecule has 0 aliphatic carbocycles. The van der Waals surface area contributed by atoms with Gasteiger partial charge in [-0.2, -0.15) is 4.98 Å². The van der Waals surface area contributed by atoms with Gasteiger partial charge in [-0.1, -0.05) is 46.6 Å². The van der Waals surface area contributed by atoms with E-state index in [1.165, 1.54) is 0 Å². The topological polar surface area (TPSA) is 77.2 Å². The minimum atomic E-state index is -0.628. The number of rotatable bonds is 6. The summed E-state index contributed by atoms with van der Waals surface area (Å²) in [5.74, 6) is 1.25. The molecule has 3 rings (SSSR count). The van der Waals surface area contributed by atoms with Crippen LogP contribution in [-0.4, -0.2) is 22.2 Å². The first kappa shape index (κ1) is 17.7. The molecule has 0 fully saturated rings. The van der Waals surface area contributed by atoms with Crippen molar-refractivity contribution in [1.82, 2.24) is 15.5 Å². The van der Waals surface area contributed by atoms with Crippen LogP contribution in [0.1, 0.15) is 23.9 Å². The van der Waals surface area contributed by atoms with Gasteiger partial charge in [0.25, 0.3) is 5.91 Å². The molecule has 1 N–H and O–H groups in total. The number of benzene rings is 2. The zero-order chi connectivity index (χ0) is 18.5. The molecule has 6 heteroatoms. The Balaban J connectivity index is 1.55. The summed E-state index contributed by atoms with van der Waals surface area (Å²) in [6, 6.07) is 15.4. The van der Waals surface area contributed by atoms with Crippen LogP contribution in [0.2, 0.25) is 0 Å². The van der Waals surface area contributed by atoms with Gasteiger partial charge in [0, 0.05) is 5.56 Å². The van der Waals surface area contributed by atoms with E-state index in [0.29, 0.717) is 17.5 Å². The zero-order valence-corrected chi connectivity index (χ0v) is 15.0. The third-order valence-corrected chi connectivity index (χ3v) is 3.86. The fraction of sp³-hybridized carbons (Fsp3) is 0.250. The standard InChI is InChI=1S/C20H21N3O3/c1-13-7-9-17(10-8-13)25-15(3)20(24)21-12-18-22-19(23-26-18)16-6-4-5-14(2)11-16/h4-11,15H,12H2,1-3H3,(H,21,24). The Bertz CT molecular complexity index is 887. The minimum Gasteiger partial charge on any atom is -0.481 e. The van der Waals surface area contributed by atoms with Crippen molar-refractivity contribution in [3.63, 3.8) is 0 Å². The van der Waals surface area contributed by atoms with Gasteiger partial charge in [0.1, 0.15) is 5.75 Å². The average Bonchev–Trinajstić information content (AvgIpc) is 3.10. The third-order valence-electron chi connectivity index (χ3n) is 3.86. The Morgan fingerprint density at radius 3 is 2.65 bits per heavy atom. The van der Waals surface area contributed by atoms with Gasteiger partial charge in [-0.3, -0.25) is 4.79 Å². The van der Waals surface area contributed by atoms with E-state index in [1.807, 2.05) is 62.4 Å². The molecule has 1 unspecified atom stereocenters. The van der Waals surface area contributed by atoms with Crippen LogP contribution >= 0.6 is 0 Å². The van der Waals surface area contributed by atoms with E-state index in [2.05, 4.69) is 15.5 Å². The highest BCUT2D eigenvalue weighted by Crippen LogP contribution is 2.17. The van der Waals surface area contributed by atoms with E-state index in [4.69, 9.17) is 9.26 Å². The number of nitrogens with one attached hydrogen (secondary N) is 1. The van der Waals surface area contributed by atoms with Gasteiger partial charge < -0.3 is 14.6 Å². The van der Waals surface area contributed by atoms with Crippen molar-refractivity contribution in [2.75, 3.05) is 0 Å². The quantitative estimate of drug-likeness (QED) is 0.736. The van der Waals surface area contributed by atoms with E-state index < -0.39 is 6.10 Å². The number of carbonyl (C=O) groups excluding carboxylic acids is 1. The Hall–Kier alpha value is -3.15. The van der Waals surface area contributed by atoms with Crippen molar-refractivity contribution < 1.29 is 14.1 Å². The molecule has 134 valence electrons. The van der Waals surface area contributed by atoms with E-state index in [-0.39, 0.29) is 12.5 Å². The van der Waals surface area contributed by atoms with Crippen molar-refractivity contribution >= 4 is 5.91 Å². The number of amides is 1. The van der Waals surface area contributed by atoms with E-state index in [0.717, 1.165) is 16.7 Å². The van der Waals surface area contributed by atoms with Crippen LogP contribution in [0.15, 0.2) is 53.1 Å². The highest BCUT2D eigenvalue weighted by Gasteiger charge is 2.16. The van der Waals surface area contributed by atoms with Crippen LogP contribution in [0.4, 0.5) is 0 Å². The maximum Gasteiger partial charge on any atom is 0.261 e. The van der Waals surface area contributed by atoms with Crippen molar-refractivity contribution in [1.29, 1.82) is 0 Å². The van der Waals surface area contributed by atoms with Crippen LogP contribution < -0.4 is 10.1 Å². The molecule has 0 spiro atoms. The largest absolute Gasteiger partial charge is 0.481 e. The summed E-state index contributed by atoms with van der Waals surface area (Å²) in [5.41, 5.74) is 3.13. The predicted molar refractivity (Wildman–Crippen MR) is 97.6 cm³/mol. The first-order valence-corrected chi connectivity index (χ1v) is 8.42. The molecule has 0 bridgehead atoms. The number of hydrogen-bond acceptors (Lipinski definition) is 5. The molecule has 0 aliphatic rings. The lowest BCUT2D eigenvalue weighted by Gasteiger charge is -2.14. The summed E-state index contributed by atoms with van der Waals surface area (Å²) in [4.78, 5) is 16.5. The molecule has 1 heterocycles. The Morgan fingerprint density at radius 1 is 1.15 bits per heavy atom. The molecule has 0 saturated heterocycles. The number of ether oxygens (including phenoxy) is 1. The van der Waals surface area contributed by atoms with Gasteiger partial charge in [-0.05, 0) is 39.0 Å². The Morgan fingerprint density at radius 2 is 1.92 bits per heavy atom. The summed E-state index contributed by atoms with van der Waals surface area (Å²) in [6.45, 7) is 5.84. The van der Waals surface area contributed by atoms with Gasteiger partial charge in [-0.15, -0.1) is 0 Å². The third kappa shape index (κ3) is 4.47. The Labute approximate surface area is 152 Å². The fourth-order valence-corrected chi connectivity index (χ4v) is 2.41. The fourth-order valence-electron chi connectivity index (χ4n) is 2.41. The van der Waals surface area contributed by atoms with Crippen molar-refractivity contribution in [3.8, 4) is 17.1 Å². The molecular weight excluding hydrogens is 330 g/mol. The average molecular weight is 351 g/mol. The normalized spacial score (nSPS) is 11.8. The van der Waals surface area contributed by atoms with Crippen LogP contribution in [0.3, 0.4) is 0 Å². The molecule has 2 aromatic carbocycles. The summed E-state index contributed by atoms with van der Waals surface area (Å²) in [7, 11) is 0. The van der Waals surface area contributed by atoms with Gasteiger partial charge in [0.05, 0.1) is 6.54 Å². The second-order valence-corrected chi connectivity index (χ2v) is 6.17. The second kappa shape index (κ2) is 7.82. The predicted octanol–water partition coefficient (Wildman–Crippen LogP) is 3.44. The lowest BCUT2D eigenvalue weighted by atomic mass is 10.1. The summed E-state index contributed by atoms with van der Waals surface area (Å²) in [6.07, 6.45) is -0.628. The highest BCUT2D eigenvalue weighted by atomic mass is 16.5. The molecule has 1 atom stereocenters. The lowest BCUT2D eigenvalue weighted by Crippen LogP contribution is -2.35. The summed E-state index contributed by atoms with van der Waals surface area (Å²) in [5, 5.41) is 6.70. The summed E-state index contributed by atoms with van der Waals surface area (Å²) < 4.78 is 10.8. The molecular formula is C20H21N3O3. The molecule has 1 aromatic heterocycles. The van der Waals surface area contributed by atoms with Crippen molar-refractivity contribution in [2.24, 2.45) is 0 Å². The number of carbonyl (C=O) groups is 1. The molecule has 0 radical (unpaired) electrons. The van der Waals surface area contributed by atoms with Crippen LogP contribution in [-0.2, 0) is 11.3 Å². The van der Waals surface area contributed by atoms with E-state index in [1.54, 1.807) is 6.92 Å². The number of aryl methyl sites for hydroxylation is 2. The Kier molecular flexibility index (Phi) is 5.31.